The fraction of sp³-hybridized carbons (Fsp3) is 0.304. The van der Waals surface area contributed by atoms with Crippen molar-refractivity contribution in [2.24, 2.45) is 10.7 Å². The molecule has 32 heavy (non-hydrogen) atoms. The molecule has 0 bridgehead atoms. The highest BCUT2D eigenvalue weighted by atomic mass is 16.5. The molecule has 1 aliphatic rings. The van der Waals surface area contributed by atoms with Gasteiger partial charge in [-0.2, -0.15) is 4.98 Å². The average molecular weight is 434 g/mol. The Morgan fingerprint density at radius 3 is 2.91 bits per heavy atom. The Hall–Kier alpha value is -3.88. The van der Waals surface area contributed by atoms with Crippen molar-refractivity contribution in [2.45, 2.75) is 39.0 Å². The normalized spacial score (nSPS) is 18.8. The molecule has 1 fully saturated rings. The smallest absolute Gasteiger partial charge is 0.235 e. The highest BCUT2D eigenvalue weighted by molar-refractivity contribution is 6.05. The first kappa shape index (κ1) is 21.4. The van der Waals surface area contributed by atoms with Crippen LogP contribution in [0.15, 0.2) is 64.4 Å². The Morgan fingerprint density at radius 1 is 1.41 bits per heavy atom. The van der Waals surface area contributed by atoms with Crippen LogP contribution >= 0.6 is 0 Å². The zero-order valence-corrected chi connectivity index (χ0v) is 18.5. The van der Waals surface area contributed by atoms with E-state index < -0.39 is 0 Å². The molecule has 4 rings (SSSR count). The van der Waals surface area contributed by atoms with E-state index in [2.05, 4.69) is 27.0 Å². The molecule has 1 saturated carbocycles. The molecule has 3 N–H and O–H groups in total. The second-order valence-electron chi connectivity index (χ2n) is 7.69. The molecular weight excluding hydrogens is 406 g/mol. The summed E-state index contributed by atoms with van der Waals surface area (Å²) in [5.74, 6) is 2.22. The molecule has 2 aromatic heterocycles. The largest absolute Gasteiger partial charge is 0.494 e. The van der Waals surface area contributed by atoms with Gasteiger partial charge in [-0.1, -0.05) is 11.7 Å². The lowest BCUT2D eigenvalue weighted by Crippen LogP contribution is -2.22. The maximum absolute atomic E-state index is 5.90. The molecular formula is C23H27N7O2. The lowest BCUT2D eigenvalue weighted by atomic mass is 9.83. The van der Waals surface area contributed by atoms with Crippen LogP contribution in [0, 0.1) is 13.8 Å². The highest BCUT2D eigenvalue weighted by Gasteiger charge is 2.30. The van der Waals surface area contributed by atoms with E-state index in [-0.39, 0.29) is 5.92 Å². The zero-order chi connectivity index (χ0) is 22.7. The van der Waals surface area contributed by atoms with Gasteiger partial charge in [0.05, 0.1) is 36.4 Å². The zero-order valence-electron chi connectivity index (χ0n) is 18.5. The van der Waals surface area contributed by atoms with Crippen LogP contribution in [0.4, 0.5) is 5.69 Å². The molecule has 166 valence electrons. The quantitative estimate of drug-likeness (QED) is 0.603. The van der Waals surface area contributed by atoms with E-state index >= 15 is 0 Å². The predicted molar refractivity (Wildman–Crippen MR) is 123 cm³/mol. The maximum Gasteiger partial charge on any atom is 0.235 e. The summed E-state index contributed by atoms with van der Waals surface area (Å²) in [6.07, 6.45) is 7.98. The van der Waals surface area contributed by atoms with Gasteiger partial charge >= 0.3 is 0 Å². The number of rotatable bonds is 6. The van der Waals surface area contributed by atoms with Crippen LogP contribution in [0.1, 0.15) is 42.6 Å². The third kappa shape index (κ3) is 4.41. The molecule has 1 atom stereocenters. The molecule has 0 amide bonds. The van der Waals surface area contributed by atoms with Crippen molar-refractivity contribution in [3.05, 3.63) is 72.3 Å². The lowest BCUT2D eigenvalue weighted by Gasteiger charge is -2.24. The minimum absolute atomic E-state index is 0.111. The number of nitrogens with two attached hydrogens (primary N) is 1. The SMILES string of the molecule is C=C(/N=C1\C(=C/N)CCCC1c1nc(C)no1)Nc1ccc(-n2cnc(C)c2)c(OC)c1. The molecule has 1 aliphatic carbocycles. The summed E-state index contributed by atoms with van der Waals surface area (Å²) in [7, 11) is 1.64. The van der Waals surface area contributed by atoms with Crippen LogP contribution in [0.5, 0.6) is 5.75 Å². The number of ether oxygens (including phenoxy) is 1. The maximum atomic E-state index is 5.90. The van der Waals surface area contributed by atoms with Gasteiger partial charge in [-0.15, -0.1) is 0 Å². The first-order valence-electron chi connectivity index (χ1n) is 10.4. The van der Waals surface area contributed by atoms with Crippen LogP contribution in [0.3, 0.4) is 0 Å². The predicted octanol–water partition coefficient (Wildman–Crippen LogP) is 4.02. The average Bonchev–Trinajstić information content (AvgIpc) is 3.41. The van der Waals surface area contributed by atoms with E-state index in [0.717, 1.165) is 47.6 Å². The molecule has 2 heterocycles. The number of hydrogen-bond donors (Lipinski definition) is 2. The van der Waals surface area contributed by atoms with Crippen molar-refractivity contribution in [3.8, 4) is 11.4 Å². The highest BCUT2D eigenvalue weighted by Crippen LogP contribution is 2.34. The van der Waals surface area contributed by atoms with Gasteiger partial charge in [0.2, 0.25) is 5.89 Å². The van der Waals surface area contributed by atoms with Crippen molar-refractivity contribution in [3.63, 3.8) is 0 Å². The minimum Gasteiger partial charge on any atom is -0.494 e. The molecule has 0 spiro atoms. The van der Waals surface area contributed by atoms with Gasteiger partial charge in [-0.3, -0.25) is 0 Å². The van der Waals surface area contributed by atoms with E-state index in [1.165, 1.54) is 0 Å². The summed E-state index contributed by atoms with van der Waals surface area (Å²) in [6, 6.07) is 5.80. The van der Waals surface area contributed by atoms with Gasteiger partial charge in [0, 0.05) is 18.0 Å². The van der Waals surface area contributed by atoms with E-state index in [0.29, 0.717) is 23.3 Å². The summed E-state index contributed by atoms with van der Waals surface area (Å²) < 4.78 is 12.9. The second kappa shape index (κ2) is 9.09. The van der Waals surface area contributed by atoms with Crippen molar-refractivity contribution < 1.29 is 9.26 Å². The fourth-order valence-corrected chi connectivity index (χ4v) is 3.86. The summed E-state index contributed by atoms with van der Waals surface area (Å²) in [6.45, 7) is 7.84. The van der Waals surface area contributed by atoms with Gasteiger partial charge in [0.25, 0.3) is 0 Å². The standard InChI is InChI=1S/C23H27N7O2/c1-14-12-30(13-25-14)20-9-8-18(10-21(20)31-4)26-15(2)27-22-17(11-24)6-5-7-19(22)23-28-16(3)29-32-23/h8-13,19,26H,2,5-7,24H2,1,3-4H3/b17-11-,27-22+. The van der Waals surface area contributed by atoms with E-state index in [1.54, 1.807) is 26.6 Å². The molecule has 9 heteroatoms. The summed E-state index contributed by atoms with van der Waals surface area (Å²) in [5.41, 5.74) is 10.3. The summed E-state index contributed by atoms with van der Waals surface area (Å²) in [4.78, 5) is 13.5. The molecule has 9 nitrogen and oxygen atoms in total. The second-order valence-corrected chi connectivity index (χ2v) is 7.69. The Kier molecular flexibility index (Phi) is 6.07. The topological polar surface area (TPSA) is 116 Å². The van der Waals surface area contributed by atoms with Crippen molar-refractivity contribution in [1.29, 1.82) is 0 Å². The van der Waals surface area contributed by atoms with Gasteiger partial charge in [-0.05, 0) is 57.0 Å². The number of aryl methyl sites for hydroxylation is 2. The number of allylic oxidation sites excluding steroid dienone is 1. The third-order valence-corrected chi connectivity index (χ3v) is 5.35. The number of anilines is 1. The Balaban J connectivity index is 1.59. The number of imidazole rings is 1. The minimum atomic E-state index is -0.111. The number of aromatic nitrogens is 4. The number of methoxy groups -OCH3 is 1. The van der Waals surface area contributed by atoms with Gasteiger partial charge in [0.1, 0.15) is 11.6 Å². The molecule has 3 aromatic rings. The molecule has 0 aliphatic heterocycles. The van der Waals surface area contributed by atoms with Crippen LogP contribution in [0.25, 0.3) is 5.69 Å². The molecule has 1 unspecified atom stereocenters. The first-order chi connectivity index (χ1) is 15.5. The van der Waals surface area contributed by atoms with Crippen LogP contribution in [-0.2, 0) is 0 Å². The van der Waals surface area contributed by atoms with Crippen LogP contribution in [-0.4, -0.2) is 32.5 Å². The van der Waals surface area contributed by atoms with E-state index in [1.807, 2.05) is 35.9 Å². The monoisotopic (exact) mass is 433 g/mol. The van der Waals surface area contributed by atoms with E-state index in [4.69, 9.17) is 20.0 Å². The van der Waals surface area contributed by atoms with Gasteiger partial charge in [-0.25, -0.2) is 9.98 Å². The van der Waals surface area contributed by atoms with Crippen molar-refractivity contribution >= 4 is 11.4 Å². The van der Waals surface area contributed by atoms with Crippen molar-refractivity contribution in [2.75, 3.05) is 12.4 Å². The van der Waals surface area contributed by atoms with Crippen LogP contribution < -0.4 is 15.8 Å². The number of benzene rings is 1. The van der Waals surface area contributed by atoms with E-state index in [9.17, 15) is 0 Å². The lowest BCUT2D eigenvalue weighted by molar-refractivity contribution is 0.361. The fourth-order valence-electron chi connectivity index (χ4n) is 3.86. The molecule has 1 aromatic carbocycles. The van der Waals surface area contributed by atoms with Crippen LogP contribution in [0.2, 0.25) is 0 Å². The number of aliphatic imine (C=N–C) groups is 1. The first-order valence-corrected chi connectivity index (χ1v) is 10.4. The molecule has 0 saturated heterocycles. The van der Waals surface area contributed by atoms with Gasteiger partial charge in [0.15, 0.2) is 5.82 Å². The summed E-state index contributed by atoms with van der Waals surface area (Å²) >= 11 is 0. The number of nitrogens with one attached hydrogen (secondary N) is 1. The number of hydrogen-bond acceptors (Lipinski definition) is 8. The number of nitrogens with zero attached hydrogens (tertiary/aromatic N) is 5. The summed E-state index contributed by atoms with van der Waals surface area (Å²) in [5, 5.41) is 7.18. The van der Waals surface area contributed by atoms with Gasteiger partial charge < -0.3 is 24.9 Å². The van der Waals surface area contributed by atoms with Crippen molar-refractivity contribution in [1.82, 2.24) is 19.7 Å². The third-order valence-electron chi connectivity index (χ3n) is 5.35. The Labute approximate surface area is 186 Å². The molecule has 0 radical (unpaired) electrons. The Morgan fingerprint density at radius 2 is 2.25 bits per heavy atom. The Bertz CT molecular complexity index is 1190.